The van der Waals surface area contributed by atoms with Crippen molar-refractivity contribution >= 4 is 11.1 Å². The smallest absolute Gasteiger partial charge is 0.226 e. The van der Waals surface area contributed by atoms with Crippen LogP contribution < -0.4 is 5.73 Å². The predicted molar refractivity (Wildman–Crippen MR) is 51.4 cm³/mol. The lowest BCUT2D eigenvalue weighted by atomic mass is 10.2. The second kappa shape index (κ2) is 3.58. The molecule has 68 valence electrons. The summed E-state index contributed by atoms with van der Waals surface area (Å²) < 4.78 is 5.50. The Labute approximate surface area is 76.6 Å². The monoisotopic (exact) mass is 176 g/mol. The van der Waals surface area contributed by atoms with Gasteiger partial charge in [0.25, 0.3) is 0 Å². The molecule has 0 aromatic carbocycles. The summed E-state index contributed by atoms with van der Waals surface area (Å²) in [6, 6.07) is 5.93. The molecule has 3 heteroatoms. The highest BCUT2D eigenvalue weighted by Gasteiger charge is 2.02. The number of nitrogens with zero attached hydrogens (tertiary/aromatic N) is 1. The summed E-state index contributed by atoms with van der Waals surface area (Å²) in [5.41, 5.74) is 6.13. The Morgan fingerprint density at radius 3 is 3.15 bits per heavy atom. The summed E-state index contributed by atoms with van der Waals surface area (Å²) >= 11 is 0. The van der Waals surface area contributed by atoms with Crippen LogP contribution in [0.2, 0.25) is 0 Å². The third-order valence-electron chi connectivity index (χ3n) is 1.97. The fourth-order valence-electron chi connectivity index (χ4n) is 1.32. The Kier molecular flexibility index (Phi) is 2.27. The standard InChI is InChI=1S/C10H12N2O/c11-5-1-4-9-7-8-3-2-6-12-10(8)13-9/h2-3,6-7H,1,4-5,11H2. The van der Waals surface area contributed by atoms with E-state index < -0.39 is 0 Å². The Hall–Kier alpha value is -1.35. The van der Waals surface area contributed by atoms with Crippen molar-refractivity contribution in [1.82, 2.24) is 4.98 Å². The molecule has 0 radical (unpaired) electrons. The van der Waals surface area contributed by atoms with E-state index in [1.54, 1.807) is 6.20 Å². The molecule has 0 fully saturated rings. The number of hydrogen-bond acceptors (Lipinski definition) is 3. The maximum absolute atomic E-state index is 5.50. The summed E-state index contributed by atoms with van der Waals surface area (Å²) in [6.07, 6.45) is 3.59. The van der Waals surface area contributed by atoms with Gasteiger partial charge in [-0.3, -0.25) is 0 Å². The minimum Gasteiger partial charge on any atom is -0.443 e. The minimum absolute atomic E-state index is 0.699. The van der Waals surface area contributed by atoms with E-state index in [1.165, 1.54) is 0 Å². The fourth-order valence-corrected chi connectivity index (χ4v) is 1.32. The maximum Gasteiger partial charge on any atom is 0.226 e. The quantitative estimate of drug-likeness (QED) is 0.774. The van der Waals surface area contributed by atoms with Crippen LogP contribution in [0.25, 0.3) is 11.1 Å². The maximum atomic E-state index is 5.50. The van der Waals surface area contributed by atoms with Crippen molar-refractivity contribution in [2.24, 2.45) is 5.73 Å². The van der Waals surface area contributed by atoms with Crippen LogP contribution in [0.5, 0.6) is 0 Å². The zero-order valence-electron chi connectivity index (χ0n) is 7.36. The lowest BCUT2D eigenvalue weighted by molar-refractivity contribution is 0.532. The SMILES string of the molecule is NCCCc1cc2cccnc2o1. The highest BCUT2D eigenvalue weighted by Crippen LogP contribution is 2.17. The number of furan rings is 1. The van der Waals surface area contributed by atoms with Gasteiger partial charge in [0, 0.05) is 18.0 Å². The van der Waals surface area contributed by atoms with Gasteiger partial charge >= 0.3 is 0 Å². The Morgan fingerprint density at radius 2 is 2.38 bits per heavy atom. The van der Waals surface area contributed by atoms with Crippen LogP contribution in [0.4, 0.5) is 0 Å². The van der Waals surface area contributed by atoms with Crippen molar-refractivity contribution in [2.45, 2.75) is 12.8 Å². The second-order valence-corrected chi connectivity index (χ2v) is 3.00. The van der Waals surface area contributed by atoms with Gasteiger partial charge < -0.3 is 10.2 Å². The molecule has 2 rings (SSSR count). The lowest BCUT2D eigenvalue weighted by Crippen LogP contribution is -1.99. The van der Waals surface area contributed by atoms with Crippen LogP contribution in [-0.4, -0.2) is 11.5 Å². The third-order valence-corrected chi connectivity index (χ3v) is 1.97. The molecule has 2 aromatic rings. The zero-order chi connectivity index (χ0) is 9.10. The first kappa shape index (κ1) is 8.26. The van der Waals surface area contributed by atoms with Crippen molar-refractivity contribution in [3.05, 3.63) is 30.2 Å². The molecule has 0 saturated carbocycles. The number of nitrogens with two attached hydrogens (primary N) is 1. The first-order chi connectivity index (χ1) is 6.40. The van der Waals surface area contributed by atoms with Gasteiger partial charge in [0.1, 0.15) is 5.76 Å². The summed E-state index contributed by atoms with van der Waals surface area (Å²) in [5.74, 6) is 0.971. The van der Waals surface area contributed by atoms with Crippen molar-refractivity contribution in [1.29, 1.82) is 0 Å². The molecule has 0 spiro atoms. The largest absolute Gasteiger partial charge is 0.443 e. The average molecular weight is 176 g/mol. The number of hydrogen-bond donors (Lipinski definition) is 1. The molecule has 2 N–H and O–H groups in total. The Balaban J connectivity index is 2.28. The van der Waals surface area contributed by atoms with Gasteiger partial charge in [0.2, 0.25) is 5.71 Å². The van der Waals surface area contributed by atoms with Gasteiger partial charge in [-0.15, -0.1) is 0 Å². The molecule has 0 atom stereocenters. The molecule has 13 heavy (non-hydrogen) atoms. The van der Waals surface area contributed by atoms with E-state index in [9.17, 15) is 0 Å². The van der Waals surface area contributed by atoms with Crippen molar-refractivity contribution in [3.8, 4) is 0 Å². The van der Waals surface area contributed by atoms with Crippen molar-refractivity contribution in [2.75, 3.05) is 6.54 Å². The van der Waals surface area contributed by atoms with Crippen LogP contribution in [0.1, 0.15) is 12.2 Å². The first-order valence-electron chi connectivity index (χ1n) is 4.43. The molecule has 2 heterocycles. The average Bonchev–Trinajstić information content (AvgIpc) is 2.57. The van der Waals surface area contributed by atoms with Crippen molar-refractivity contribution < 1.29 is 4.42 Å². The molecule has 0 aliphatic heterocycles. The summed E-state index contributed by atoms with van der Waals surface area (Å²) in [5, 5.41) is 1.06. The third kappa shape index (κ3) is 1.70. The van der Waals surface area contributed by atoms with E-state index >= 15 is 0 Å². The molecule has 0 unspecified atom stereocenters. The second-order valence-electron chi connectivity index (χ2n) is 3.00. The minimum atomic E-state index is 0.699. The van der Waals surface area contributed by atoms with Crippen LogP contribution in [0.3, 0.4) is 0 Å². The number of pyridine rings is 1. The van der Waals surface area contributed by atoms with Crippen LogP contribution in [0, 0.1) is 0 Å². The van der Waals surface area contributed by atoms with E-state index in [1.807, 2.05) is 18.2 Å². The molecule has 2 aromatic heterocycles. The number of aromatic nitrogens is 1. The van der Waals surface area contributed by atoms with Gasteiger partial charge in [-0.2, -0.15) is 0 Å². The number of rotatable bonds is 3. The summed E-state index contributed by atoms with van der Waals surface area (Å²) in [7, 11) is 0. The zero-order valence-corrected chi connectivity index (χ0v) is 7.36. The Morgan fingerprint density at radius 1 is 1.46 bits per heavy atom. The summed E-state index contributed by atoms with van der Waals surface area (Å²) in [6.45, 7) is 0.699. The molecule has 0 saturated heterocycles. The van der Waals surface area contributed by atoms with E-state index in [-0.39, 0.29) is 0 Å². The van der Waals surface area contributed by atoms with Gasteiger partial charge in [0.15, 0.2) is 0 Å². The van der Waals surface area contributed by atoms with E-state index in [4.69, 9.17) is 10.2 Å². The van der Waals surface area contributed by atoms with Gasteiger partial charge in [-0.05, 0) is 31.2 Å². The van der Waals surface area contributed by atoms with E-state index in [2.05, 4.69) is 4.98 Å². The van der Waals surface area contributed by atoms with Crippen LogP contribution in [-0.2, 0) is 6.42 Å². The fraction of sp³-hybridized carbons (Fsp3) is 0.300. The van der Waals surface area contributed by atoms with Gasteiger partial charge in [-0.25, -0.2) is 4.98 Å². The van der Waals surface area contributed by atoms with Gasteiger partial charge in [-0.1, -0.05) is 0 Å². The molecule has 3 nitrogen and oxygen atoms in total. The number of aryl methyl sites for hydroxylation is 1. The lowest BCUT2D eigenvalue weighted by Gasteiger charge is -1.90. The highest BCUT2D eigenvalue weighted by atomic mass is 16.3. The number of fused-ring (bicyclic) bond motifs is 1. The molecule has 0 aliphatic rings. The normalized spacial score (nSPS) is 10.8. The highest BCUT2D eigenvalue weighted by molar-refractivity contribution is 5.73. The van der Waals surface area contributed by atoms with Crippen LogP contribution >= 0.6 is 0 Å². The predicted octanol–water partition coefficient (Wildman–Crippen LogP) is 1.72. The molecule has 0 aliphatic carbocycles. The van der Waals surface area contributed by atoms with Gasteiger partial charge in [0.05, 0.1) is 0 Å². The van der Waals surface area contributed by atoms with Crippen molar-refractivity contribution in [3.63, 3.8) is 0 Å². The molecule has 0 bridgehead atoms. The molecular formula is C10H12N2O. The van der Waals surface area contributed by atoms with E-state index in [0.717, 1.165) is 29.7 Å². The summed E-state index contributed by atoms with van der Waals surface area (Å²) in [4.78, 5) is 4.11. The Bertz CT molecular complexity index is 361. The van der Waals surface area contributed by atoms with Crippen LogP contribution in [0.15, 0.2) is 28.8 Å². The first-order valence-corrected chi connectivity index (χ1v) is 4.43. The molecular weight excluding hydrogens is 164 g/mol. The molecule has 0 amide bonds. The topological polar surface area (TPSA) is 52.0 Å². The van der Waals surface area contributed by atoms with E-state index in [0.29, 0.717) is 6.54 Å².